The molecule has 1 saturated carbocycles. The monoisotopic (exact) mass is 365 g/mol. The molecule has 0 radical (unpaired) electrons. The summed E-state index contributed by atoms with van der Waals surface area (Å²) in [5.41, 5.74) is 2.86. The van der Waals surface area contributed by atoms with Gasteiger partial charge in [0.2, 0.25) is 0 Å². The number of hydrogen-bond acceptors (Lipinski definition) is 5. The minimum absolute atomic E-state index is 0.195. The maximum absolute atomic E-state index is 12.6. The van der Waals surface area contributed by atoms with Crippen molar-refractivity contribution in [1.82, 2.24) is 0 Å². The highest BCUT2D eigenvalue weighted by Gasteiger charge is 2.42. The smallest absolute Gasteiger partial charge is 0.310 e. The molecular weight excluding hydrogens is 342 g/mol. The Bertz CT molecular complexity index is 802. The molecule has 5 nitrogen and oxygen atoms in total. The van der Waals surface area contributed by atoms with Crippen molar-refractivity contribution < 1.29 is 19.1 Å². The number of carbonyl (C=O) groups excluding carboxylic acids is 2. The Morgan fingerprint density at radius 2 is 1.44 bits per heavy atom. The number of esters is 2. The average Bonchev–Trinajstić information content (AvgIpc) is 3.16. The maximum Gasteiger partial charge on any atom is 0.310 e. The molecule has 0 unspecified atom stereocenters. The van der Waals surface area contributed by atoms with E-state index in [0.717, 1.165) is 16.8 Å². The zero-order valence-corrected chi connectivity index (χ0v) is 15.3. The Kier molecular flexibility index (Phi) is 6.36. The third kappa shape index (κ3) is 5.03. The van der Waals surface area contributed by atoms with Gasteiger partial charge >= 0.3 is 11.9 Å². The van der Waals surface area contributed by atoms with Crippen LogP contribution in [0.5, 0.6) is 0 Å². The molecule has 140 valence electrons. The zero-order chi connectivity index (χ0) is 19.1. The Hall–Kier alpha value is -2.95. The molecule has 0 N–H and O–H groups in total. The molecule has 0 saturated heterocycles. The van der Waals surface area contributed by atoms with Crippen molar-refractivity contribution in [3.05, 3.63) is 71.8 Å². The van der Waals surface area contributed by atoms with Gasteiger partial charge in [-0.3, -0.25) is 14.6 Å². The van der Waals surface area contributed by atoms with Crippen LogP contribution in [0.15, 0.2) is 65.7 Å². The van der Waals surface area contributed by atoms with Crippen LogP contribution in [0.4, 0.5) is 0 Å². The van der Waals surface area contributed by atoms with Crippen molar-refractivity contribution >= 4 is 17.7 Å². The molecule has 0 amide bonds. The van der Waals surface area contributed by atoms with E-state index in [0.29, 0.717) is 19.4 Å². The summed E-state index contributed by atoms with van der Waals surface area (Å²) in [5, 5.41) is 0. The van der Waals surface area contributed by atoms with Crippen molar-refractivity contribution in [1.29, 1.82) is 0 Å². The number of methoxy groups -OCH3 is 1. The molecule has 1 fully saturated rings. The number of ether oxygens (including phenoxy) is 2. The van der Waals surface area contributed by atoms with E-state index in [1.54, 1.807) is 0 Å². The molecule has 0 aliphatic heterocycles. The summed E-state index contributed by atoms with van der Waals surface area (Å²) in [7, 11) is 1.34. The topological polar surface area (TPSA) is 65.0 Å². The Balaban J connectivity index is 1.66. The van der Waals surface area contributed by atoms with Crippen LogP contribution in [-0.2, 0) is 32.2 Å². The highest BCUT2D eigenvalue weighted by Crippen LogP contribution is 2.32. The first-order valence-electron chi connectivity index (χ1n) is 9.02. The molecule has 0 heterocycles. The van der Waals surface area contributed by atoms with E-state index in [-0.39, 0.29) is 18.5 Å². The fraction of sp³-hybridized carbons (Fsp3) is 0.318. The van der Waals surface area contributed by atoms with Crippen LogP contribution in [0.3, 0.4) is 0 Å². The molecular formula is C22H23NO4. The van der Waals surface area contributed by atoms with Gasteiger partial charge < -0.3 is 9.47 Å². The van der Waals surface area contributed by atoms with Gasteiger partial charge in [0.15, 0.2) is 0 Å². The largest absolute Gasteiger partial charge is 0.469 e. The van der Waals surface area contributed by atoms with E-state index in [4.69, 9.17) is 9.47 Å². The van der Waals surface area contributed by atoms with Crippen LogP contribution >= 0.6 is 0 Å². The third-order valence-electron chi connectivity index (χ3n) is 4.76. The second-order valence-electron chi connectivity index (χ2n) is 6.61. The number of benzene rings is 2. The van der Waals surface area contributed by atoms with Gasteiger partial charge in [0, 0.05) is 5.71 Å². The molecule has 0 spiro atoms. The first-order chi connectivity index (χ1) is 13.2. The van der Waals surface area contributed by atoms with Gasteiger partial charge in [-0.05, 0) is 24.0 Å². The molecule has 1 aliphatic carbocycles. The molecule has 0 bridgehead atoms. The summed E-state index contributed by atoms with van der Waals surface area (Å²) in [5.74, 6) is -1.84. The standard InChI is InChI=1S/C22H23NO4/c1-26-21(24)19-12-18(23-14-16-8-4-2-5-9-16)13-20(19)22(25)27-15-17-10-6-3-7-11-17/h2-11,19-20H,12-15H2,1H3/t19-,20+/m0/s1. The van der Waals surface area contributed by atoms with Crippen molar-refractivity contribution in [3.8, 4) is 0 Å². The van der Waals surface area contributed by atoms with Crippen LogP contribution in [0.25, 0.3) is 0 Å². The van der Waals surface area contributed by atoms with E-state index < -0.39 is 11.8 Å². The van der Waals surface area contributed by atoms with Crippen LogP contribution < -0.4 is 0 Å². The molecule has 27 heavy (non-hydrogen) atoms. The average molecular weight is 365 g/mol. The van der Waals surface area contributed by atoms with Crippen molar-refractivity contribution in [2.75, 3.05) is 7.11 Å². The van der Waals surface area contributed by atoms with E-state index in [1.807, 2.05) is 60.7 Å². The number of carbonyl (C=O) groups is 2. The highest BCUT2D eigenvalue weighted by molar-refractivity contribution is 5.98. The second kappa shape index (κ2) is 9.12. The summed E-state index contributed by atoms with van der Waals surface area (Å²) in [6.45, 7) is 0.733. The maximum atomic E-state index is 12.6. The van der Waals surface area contributed by atoms with Crippen molar-refractivity contribution in [3.63, 3.8) is 0 Å². The Labute approximate surface area is 159 Å². The summed E-state index contributed by atoms with van der Waals surface area (Å²) >= 11 is 0. The minimum Gasteiger partial charge on any atom is -0.469 e. The fourth-order valence-electron chi connectivity index (χ4n) is 3.27. The second-order valence-corrected chi connectivity index (χ2v) is 6.61. The zero-order valence-electron chi connectivity index (χ0n) is 15.3. The predicted octanol–water partition coefficient (Wildman–Crippen LogP) is 3.57. The number of aliphatic imine (C=N–C) groups is 1. The lowest BCUT2D eigenvalue weighted by atomic mass is 9.96. The molecule has 2 aromatic carbocycles. The normalized spacial score (nSPS) is 20.4. The minimum atomic E-state index is -0.546. The molecule has 0 aromatic heterocycles. The number of nitrogens with zero attached hydrogens (tertiary/aromatic N) is 1. The van der Waals surface area contributed by atoms with Gasteiger partial charge in [-0.15, -0.1) is 0 Å². The van der Waals surface area contributed by atoms with Gasteiger partial charge in [0.25, 0.3) is 0 Å². The van der Waals surface area contributed by atoms with E-state index in [9.17, 15) is 9.59 Å². The summed E-state index contributed by atoms with van der Waals surface area (Å²) in [6.07, 6.45) is 0.866. The van der Waals surface area contributed by atoms with E-state index >= 15 is 0 Å². The molecule has 2 atom stereocenters. The molecule has 3 rings (SSSR count). The first-order valence-corrected chi connectivity index (χ1v) is 9.02. The summed E-state index contributed by atoms with van der Waals surface area (Å²) in [6, 6.07) is 19.4. The van der Waals surface area contributed by atoms with Crippen LogP contribution in [-0.4, -0.2) is 24.8 Å². The fourth-order valence-corrected chi connectivity index (χ4v) is 3.27. The lowest BCUT2D eigenvalue weighted by molar-refractivity contribution is -0.158. The lowest BCUT2D eigenvalue weighted by Gasteiger charge is -2.15. The van der Waals surface area contributed by atoms with E-state index in [2.05, 4.69) is 4.99 Å². The number of rotatable bonds is 6. The van der Waals surface area contributed by atoms with Crippen LogP contribution in [0, 0.1) is 11.8 Å². The van der Waals surface area contributed by atoms with Crippen LogP contribution in [0.2, 0.25) is 0 Å². The van der Waals surface area contributed by atoms with Crippen LogP contribution in [0.1, 0.15) is 24.0 Å². The van der Waals surface area contributed by atoms with Gasteiger partial charge in [-0.2, -0.15) is 0 Å². The SMILES string of the molecule is COC(=O)[C@H]1CC(=NCc2ccccc2)C[C@H]1C(=O)OCc1ccccc1. The number of hydrogen-bond donors (Lipinski definition) is 0. The third-order valence-corrected chi connectivity index (χ3v) is 4.76. The van der Waals surface area contributed by atoms with Gasteiger partial charge in [-0.1, -0.05) is 60.7 Å². The lowest BCUT2D eigenvalue weighted by Crippen LogP contribution is -2.27. The first kappa shape index (κ1) is 18.8. The summed E-state index contributed by atoms with van der Waals surface area (Å²) in [4.78, 5) is 29.3. The summed E-state index contributed by atoms with van der Waals surface area (Å²) < 4.78 is 10.3. The highest BCUT2D eigenvalue weighted by atomic mass is 16.5. The quantitative estimate of drug-likeness (QED) is 0.734. The Morgan fingerprint density at radius 3 is 2.04 bits per heavy atom. The predicted molar refractivity (Wildman–Crippen MR) is 102 cm³/mol. The van der Waals surface area contributed by atoms with Crippen molar-refractivity contribution in [2.24, 2.45) is 16.8 Å². The van der Waals surface area contributed by atoms with Crippen molar-refractivity contribution in [2.45, 2.75) is 26.0 Å². The Morgan fingerprint density at radius 1 is 0.889 bits per heavy atom. The van der Waals surface area contributed by atoms with Gasteiger partial charge in [-0.25, -0.2) is 0 Å². The van der Waals surface area contributed by atoms with Gasteiger partial charge in [0.1, 0.15) is 6.61 Å². The molecule has 2 aromatic rings. The molecule has 1 aliphatic rings. The van der Waals surface area contributed by atoms with E-state index in [1.165, 1.54) is 7.11 Å². The molecule has 5 heteroatoms. The van der Waals surface area contributed by atoms with Gasteiger partial charge in [0.05, 0.1) is 25.5 Å².